The number of ether oxygens (including phenoxy) is 1. The lowest BCUT2D eigenvalue weighted by atomic mass is 9.96. The maximum atomic E-state index is 12.3. The zero-order valence-corrected chi connectivity index (χ0v) is 12.6. The molecule has 1 aromatic carbocycles. The Morgan fingerprint density at radius 2 is 2.05 bits per heavy atom. The molecule has 110 valence electrons. The summed E-state index contributed by atoms with van der Waals surface area (Å²) >= 11 is 0. The van der Waals surface area contributed by atoms with E-state index in [1.807, 2.05) is 46.0 Å². The summed E-state index contributed by atoms with van der Waals surface area (Å²) in [4.78, 5) is 16.2. The second-order valence-corrected chi connectivity index (χ2v) is 5.59. The average Bonchev–Trinajstić information content (AvgIpc) is 2.40. The van der Waals surface area contributed by atoms with Crippen LogP contribution in [0.5, 0.6) is 5.75 Å². The minimum absolute atomic E-state index is 0.124. The van der Waals surface area contributed by atoms with Crippen molar-refractivity contribution in [2.24, 2.45) is 0 Å². The Bertz CT molecular complexity index is 514. The van der Waals surface area contributed by atoms with Crippen LogP contribution in [0.25, 0.3) is 0 Å². The smallest absolute Gasteiger partial charge is 0.247 e. The molecule has 0 atom stereocenters. The third-order valence-corrected chi connectivity index (χ3v) is 3.81. The first kappa shape index (κ1) is 14.5. The van der Waals surface area contributed by atoms with Crippen LogP contribution in [0.15, 0.2) is 18.2 Å². The van der Waals surface area contributed by atoms with E-state index in [0.717, 1.165) is 18.8 Å². The van der Waals surface area contributed by atoms with Crippen LogP contribution in [0.4, 0.5) is 11.4 Å². The number of rotatable bonds is 3. The topological polar surface area (TPSA) is 58.8 Å². The summed E-state index contributed by atoms with van der Waals surface area (Å²) in [7, 11) is 1.84. The number of nitrogens with two attached hydrogens (primary N) is 1. The molecule has 1 aromatic rings. The Hall–Kier alpha value is -1.91. The van der Waals surface area contributed by atoms with E-state index in [1.165, 1.54) is 0 Å². The maximum Gasteiger partial charge on any atom is 0.247 e. The molecule has 5 nitrogen and oxygen atoms in total. The van der Waals surface area contributed by atoms with Gasteiger partial charge in [0.2, 0.25) is 5.91 Å². The van der Waals surface area contributed by atoms with Gasteiger partial charge in [0, 0.05) is 31.9 Å². The molecule has 1 fully saturated rings. The summed E-state index contributed by atoms with van der Waals surface area (Å²) in [5.41, 5.74) is 6.93. The van der Waals surface area contributed by atoms with Gasteiger partial charge in [0.25, 0.3) is 0 Å². The molecule has 1 aliphatic rings. The molecule has 2 N–H and O–H groups in total. The van der Waals surface area contributed by atoms with Crippen molar-refractivity contribution in [1.82, 2.24) is 4.90 Å². The van der Waals surface area contributed by atoms with Gasteiger partial charge in [-0.2, -0.15) is 0 Å². The third kappa shape index (κ3) is 2.40. The molecular weight excluding hydrogens is 254 g/mol. The Labute approximate surface area is 120 Å². The molecule has 5 heteroatoms. The lowest BCUT2D eigenvalue weighted by Crippen LogP contribution is -2.62. The number of hydrogen-bond donors (Lipinski definition) is 1. The molecule has 0 radical (unpaired) electrons. The van der Waals surface area contributed by atoms with Crippen molar-refractivity contribution in [3.8, 4) is 5.75 Å². The quantitative estimate of drug-likeness (QED) is 0.855. The number of hydrogen-bond acceptors (Lipinski definition) is 4. The monoisotopic (exact) mass is 277 g/mol. The number of carbonyl (C=O) groups excluding carboxylic acids is 1. The van der Waals surface area contributed by atoms with E-state index in [4.69, 9.17) is 10.5 Å². The number of amides is 1. The fourth-order valence-corrected chi connectivity index (χ4v) is 2.64. The first-order valence-electron chi connectivity index (χ1n) is 6.93. The molecule has 20 heavy (non-hydrogen) atoms. The molecule has 0 aromatic heterocycles. The minimum Gasteiger partial charge on any atom is -0.492 e. The summed E-state index contributed by atoms with van der Waals surface area (Å²) in [6, 6.07) is 5.69. The average molecular weight is 277 g/mol. The van der Waals surface area contributed by atoms with E-state index in [-0.39, 0.29) is 5.91 Å². The van der Waals surface area contributed by atoms with Crippen molar-refractivity contribution in [3.05, 3.63) is 18.2 Å². The lowest BCUT2D eigenvalue weighted by Gasteiger charge is -2.46. The van der Waals surface area contributed by atoms with Gasteiger partial charge in [-0.25, -0.2) is 0 Å². The van der Waals surface area contributed by atoms with Crippen LogP contribution in [0, 0.1) is 0 Å². The normalized spacial score (nSPS) is 18.3. The first-order chi connectivity index (χ1) is 9.37. The van der Waals surface area contributed by atoms with E-state index in [0.29, 0.717) is 18.0 Å². The van der Waals surface area contributed by atoms with Gasteiger partial charge in [-0.1, -0.05) is 0 Å². The molecule has 1 saturated heterocycles. The standard InChI is InChI=1S/C15H23N3O2/c1-5-20-13-10-11(6-7-12(13)16)18-9-8-17(4)14(19)15(18,2)3/h6-7,10H,5,8-9,16H2,1-4H3. The predicted octanol–water partition coefficient (Wildman–Crippen LogP) is 1.72. The van der Waals surface area contributed by atoms with Crippen LogP contribution in [0.1, 0.15) is 20.8 Å². The fraction of sp³-hybridized carbons (Fsp3) is 0.533. The zero-order valence-electron chi connectivity index (χ0n) is 12.6. The van der Waals surface area contributed by atoms with Gasteiger partial charge >= 0.3 is 0 Å². The molecule has 1 aliphatic heterocycles. The van der Waals surface area contributed by atoms with E-state index in [9.17, 15) is 4.79 Å². The highest BCUT2D eigenvalue weighted by molar-refractivity contribution is 5.90. The number of anilines is 2. The van der Waals surface area contributed by atoms with Gasteiger partial charge < -0.3 is 20.3 Å². The molecule has 0 saturated carbocycles. The van der Waals surface area contributed by atoms with Gasteiger partial charge in [-0.05, 0) is 32.9 Å². The number of nitrogens with zero attached hydrogens (tertiary/aromatic N) is 2. The van der Waals surface area contributed by atoms with Gasteiger partial charge in [0.05, 0.1) is 12.3 Å². The molecular formula is C15H23N3O2. The Kier molecular flexibility index (Phi) is 3.79. The Balaban J connectivity index is 2.36. The molecule has 0 bridgehead atoms. The summed E-state index contributed by atoms with van der Waals surface area (Å²) in [6.07, 6.45) is 0. The van der Waals surface area contributed by atoms with Crippen molar-refractivity contribution >= 4 is 17.3 Å². The molecule has 1 amide bonds. The van der Waals surface area contributed by atoms with Crippen molar-refractivity contribution < 1.29 is 9.53 Å². The van der Waals surface area contributed by atoms with E-state index < -0.39 is 5.54 Å². The summed E-state index contributed by atoms with van der Waals surface area (Å²) in [5.74, 6) is 0.797. The second kappa shape index (κ2) is 5.23. The number of benzene rings is 1. The molecule has 1 heterocycles. The van der Waals surface area contributed by atoms with Gasteiger partial charge in [-0.3, -0.25) is 4.79 Å². The number of nitrogen functional groups attached to an aromatic ring is 1. The molecule has 2 rings (SSSR count). The van der Waals surface area contributed by atoms with Crippen LogP contribution in [-0.4, -0.2) is 43.1 Å². The maximum absolute atomic E-state index is 12.3. The number of piperazine rings is 1. The van der Waals surface area contributed by atoms with Crippen LogP contribution >= 0.6 is 0 Å². The lowest BCUT2D eigenvalue weighted by molar-refractivity contribution is -0.136. The van der Waals surface area contributed by atoms with Crippen LogP contribution in [0.2, 0.25) is 0 Å². The zero-order chi connectivity index (χ0) is 14.9. The minimum atomic E-state index is -0.563. The Morgan fingerprint density at radius 1 is 1.35 bits per heavy atom. The first-order valence-corrected chi connectivity index (χ1v) is 6.93. The molecule has 0 aliphatic carbocycles. The fourth-order valence-electron chi connectivity index (χ4n) is 2.64. The summed E-state index contributed by atoms with van der Waals surface area (Å²) in [5, 5.41) is 0. The second-order valence-electron chi connectivity index (χ2n) is 5.59. The third-order valence-electron chi connectivity index (χ3n) is 3.81. The van der Waals surface area contributed by atoms with Gasteiger partial charge in [-0.15, -0.1) is 0 Å². The summed E-state index contributed by atoms with van der Waals surface area (Å²) < 4.78 is 5.54. The van der Waals surface area contributed by atoms with Crippen molar-refractivity contribution in [2.75, 3.05) is 37.4 Å². The van der Waals surface area contributed by atoms with Crippen LogP contribution in [-0.2, 0) is 4.79 Å². The number of carbonyl (C=O) groups is 1. The van der Waals surface area contributed by atoms with Crippen molar-refractivity contribution in [1.29, 1.82) is 0 Å². The highest BCUT2D eigenvalue weighted by Gasteiger charge is 2.40. The summed E-state index contributed by atoms with van der Waals surface area (Å²) in [6.45, 7) is 7.90. The van der Waals surface area contributed by atoms with Crippen molar-refractivity contribution in [2.45, 2.75) is 26.3 Å². The van der Waals surface area contributed by atoms with E-state index >= 15 is 0 Å². The van der Waals surface area contributed by atoms with E-state index in [1.54, 1.807) is 4.90 Å². The molecule has 0 unspecified atom stereocenters. The largest absolute Gasteiger partial charge is 0.492 e. The van der Waals surface area contributed by atoms with E-state index in [2.05, 4.69) is 4.90 Å². The van der Waals surface area contributed by atoms with Crippen molar-refractivity contribution in [3.63, 3.8) is 0 Å². The Morgan fingerprint density at radius 3 is 2.70 bits per heavy atom. The van der Waals surface area contributed by atoms with Gasteiger partial charge in [0.1, 0.15) is 11.3 Å². The van der Waals surface area contributed by atoms with Crippen LogP contribution in [0.3, 0.4) is 0 Å². The predicted molar refractivity (Wildman–Crippen MR) is 81.1 cm³/mol. The highest BCUT2D eigenvalue weighted by atomic mass is 16.5. The molecule has 0 spiro atoms. The van der Waals surface area contributed by atoms with Gasteiger partial charge in [0.15, 0.2) is 0 Å². The number of likely N-dealkylation sites (N-methyl/N-ethyl adjacent to an activating group) is 1. The highest BCUT2D eigenvalue weighted by Crippen LogP contribution is 2.33. The van der Waals surface area contributed by atoms with Crippen LogP contribution < -0.4 is 15.4 Å². The SMILES string of the molecule is CCOc1cc(N2CCN(C)C(=O)C2(C)C)ccc1N.